The lowest BCUT2D eigenvalue weighted by atomic mass is 10.1. The van der Waals surface area contributed by atoms with Gasteiger partial charge in [-0.25, -0.2) is 4.79 Å². The van der Waals surface area contributed by atoms with Crippen LogP contribution in [0.1, 0.15) is 46.5 Å². The van der Waals surface area contributed by atoms with Crippen LogP contribution >= 0.6 is 0 Å². The molecule has 0 aromatic rings. The first-order valence-corrected chi connectivity index (χ1v) is 7.51. The zero-order valence-corrected chi connectivity index (χ0v) is 13.3. The Balaban J connectivity index is 2.15. The van der Waals surface area contributed by atoms with Crippen molar-refractivity contribution in [2.75, 3.05) is 33.4 Å². The molecule has 0 atom stereocenters. The standard InChI is InChI=1S/C15H29NO4/c1-15(2,3)20-14(17)16-9-7-13(8-10-16)19-12-6-5-11-18-4/h13H,5-12H2,1-4H3. The minimum atomic E-state index is -0.425. The summed E-state index contributed by atoms with van der Waals surface area (Å²) in [5.41, 5.74) is -0.425. The SMILES string of the molecule is COCCCCOC1CCN(C(=O)OC(C)(C)C)CC1. The first-order chi connectivity index (χ1) is 9.42. The molecule has 0 spiro atoms. The highest BCUT2D eigenvalue weighted by atomic mass is 16.6. The lowest BCUT2D eigenvalue weighted by molar-refractivity contribution is -0.0128. The van der Waals surface area contributed by atoms with Gasteiger partial charge < -0.3 is 19.1 Å². The third-order valence-corrected chi connectivity index (χ3v) is 3.19. The molecular formula is C15H29NO4. The maximum atomic E-state index is 11.9. The molecule has 5 heteroatoms. The van der Waals surface area contributed by atoms with Crippen LogP contribution in [0.15, 0.2) is 0 Å². The molecule has 0 unspecified atom stereocenters. The summed E-state index contributed by atoms with van der Waals surface area (Å²) in [6.07, 6.45) is 3.91. The minimum absolute atomic E-state index is 0.212. The lowest BCUT2D eigenvalue weighted by Gasteiger charge is -2.33. The van der Waals surface area contributed by atoms with Crippen molar-refractivity contribution in [3.63, 3.8) is 0 Å². The predicted octanol–water partition coefficient (Wildman–Crippen LogP) is 2.83. The van der Waals surface area contributed by atoms with Crippen molar-refractivity contribution in [1.29, 1.82) is 0 Å². The van der Waals surface area contributed by atoms with Crippen molar-refractivity contribution >= 4 is 6.09 Å². The van der Waals surface area contributed by atoms with Crippen molar-refractivity contribution in [3.8, 4) is 0 Å². The molecule has 0 N–H and O–H groups in total. The molecule has 118 valence electrons. The van der Waals surface area contributed by atoms with E-state index in [1.54, 1.807) is 12.0 Å². The highest BCUT2D eigenvalue weighted by molar-refractivity contribution is 5.68. The average molecular weight is 287 g/mol. The molecule has 0 aliphatic carbocycles. The van der Waals surface area contributed by atoms with Crippen LogP contribution in [0, 0.1) is 0 Å². The Morgan fingerprint density at radius 2 is 1.75 bits per heavy atom. The Kier molecular flexibility index (Phi) is 7.30. The summed E-state index contributed by atoms with van der Waals surface area (Å²) in [7, 11) is 1.72. The lowest BCUT2D eigenvalue weighted by Crippen LogP contribution is -2.43. The highest BCUT2D eigenvalue weighted by Gasteiger charge is 2.26. The fraction of sp³-hybridized carbons (Fsp3) is 0.933. The zero-order valence-electron chi connectivity index (χ0n) is 13.3. The molecule has 0 saturated carbocycles. The molecule has 0 aromatic carbocycles. The number of nitrogens with zero attached hydrogens (tertiary/aromatic N) is 1. The summed E-state index contributed by atoms with van der Waals surface area (Å²) in [4.78, 5) is 13.7. The summed E-state index contributed by atoms with van der Waals surface area (Å²) in [5.74, 6) is 0. The molecule has 1 amide bonds. The van der Waals surface area contributed by atoms with Crippen LogP contribution in [0.5, 0.6) is 0 Å². The van der Waals surface area contributed by atoms with Gasteiger partial charge in [-0.3, -0.25) is 0 Å². The third kappa shape index (κ3) is 7.10. The predicted molar refractivity (Wildman–Crippen MR) is 77.9 cm³/mol. The Morgan fingerprint density at radius 1 is 1.15 bits per heavy atom. The van der Waals surface area contributed by atoms with E-state index >= 15 is 0 Å². The van der Waals surface area contributed by atoms with Gasteiger partial charge in [0.1, 0.15) is 5.60 Å². The second-order valence-electron chi connectivity index (χ2n) is 6.24. The largest absolute Gasteiger partial charge is 0.444 e. The number of amides is 1. The molecule has 1 aliphatic rings. The van der Waals surface area contributed by atoms with Crippen molar-refractivity contribution in [3.05, 3.63) is 0 Å². The van der Waals surface area contributed by atoms with Gasteiger partial charge >= 0.3 is 6.09 Å². The van der Waals surface area contributed by atoms with Gasteiger partial charge in [-0.15, -0.1) is 0 Å². The molecule has 5 nitrogen and oxygen atoms in total. The summed E-state index contributed by atoms with van der Waals surface area (Å²) < 4.78 is 16.2. The molecule has 1 saturated heterocycles. The van der Waals surface area contributed by atoms with Crippen LogP contribution in [0.4, 0.5) is 4.79 Å². The molecule has 0 radical (unpaired) electrons. The number of carbonyl (C=O) groups excluding carboxylic acids is 1. The monoisotopic (exact) mass is 287 g/mol. The van der Waals surface area contributed by atoms with Crippen molar-refractivity contribution < 1.29 is 19.0 Å². The number of hydrogen-bond donors (Lipinski definition) is 0. The smallest absolute Gasteiger partial charge is 0.410 e. The van der Waals surface area contributed by atoms with Crippen LogP contribution in [0.2, 0.25) is 0 Å². The fourth-order valence-electron chi connectivity index (χ4n) is 2.13. The molecule has 1 aliphatic heterocycles. The van der Waals surface area contributed by atoms with Crippen molar-refractivity contribution in [1.82, 2.24) is 4.90 Å². The quantitative estimate of drug-likeness (QED) is 0.705. The highest BCUT2D eigenvalue weighted by Crippen LogP contribution is 2.17. The first kappa shape index (κ1) is 17.2. The zero-order chi connectivity index (χ0) is 15.0. The Hall–Kier alpha value is -0.810. The molecule has 1 fully saturated rings. The van der Waals surface area contributed by atoms with Crippen LogP contribution < -0.4 is 0 Å². The van der Waals surface area contributed by atoms with Gasteiger partial charge in [-0.05, 0) is 46.5 Å². The number of hydrogen-bond acceptors (Lipinski definition) is 4. The number of piperidine rings is 1. The fourth-order valence-corrected chi connectivity index (χ4v) is 2.13. The molecule has 1 heterocycles. The van der Waals surface area contributed by atoms with E-state index in [9.17, 15) is 4.79 Å². The van der Waals surface area contributed by atoms with Gasteiger partial charge in [0, 0.05) is 33.4 Å². The number of rotatable bonds is 6. The Labute approximate surface area is 122 Å². The van der Waals surface area contributed by atoms with E-state index in [4.69, 9.17) is 14.2 Å². The van der Waals surface area contributed by atoms with Crippen LogP contribution in [-0.4, -0.2) is 56.1 Å². The average Bonchev–Trinajstić information content (AvgIpc) is 2.37. The first-order valence-electron chi connectivity index (χ1n) is 7.51. The van der Waals surface area contributed by atoms with Gasteiger partial charge in [-0.2, -0.15) is 0 Å². The molecule has 0 aromatic heterocycles. The number of unbranched alkanes of at least 4 members (excludes halogenated alkanes) is 1. The third-order valence-electron chi connectivity index (χ3n) is 3.19. The second kappa shape index (κ2) is 8.47. The van der Waals surface area contributed by atoms with Crippen molar-refractivity contribution in [2.24, 2.45) is 0 Å². The van der Waals surface area contributed by atoms with E-state index in [0.29, 0.717) is 0 Å². The summed E-state index contributed by atoms with van der Waals surface area (Å²) in [6, 6.07) is 0. The normalized spacial score (nSPS) is 17.3. The van der Waals surface area contributed by atoms with E-state index in [2.05, 4.69) is 0 Å². The van der Waals surface area contributed by atoms with Crippen LogP contribution in [-0.2, 0) is 14.2 Å². The molecule has 20 heavy (non-hydrogen) atoms. The second-order valence-corrected chi connectivity index (χ2v) is 6.24. The van der Waals surface area contributed by atoms with Crippen LogP contribution in [0.3, 0.4) is 0 Å². The minimum Gasteiger partial charge on any atom is -0.444 e. The number of methoxy groups -OCH3 is 1. The van der Waals surface area contributed by atoms with Gasteiger partial charge in [0.25, 0.3) is 0 Å². The number of carbonyl (C=O) groups is 1. The van der Waals surface area contributed by atoms with Crippen molar-refractivity contribution in [2.45, 2.75) is 58.2 Å². The Bertz CT molecular complexity index is 280. The van der Waals surface area contributed by atoms with E-state index in [1.807, 2.05) is 20.8 Å². The summed E-state index contributed by atoms with van der Waals surface area (Å²) >= 11 is 0. The summed E-state index contributed by atoms with van der Waals surface area (Å²) in [5, 5.41) is 0. The topological polar surface area (TPSA) is 48.0 Å². The summed E-state index contributed by atoms with van der Waals surface area (Å²) in [6.45, 7) is 8.68. The van der Waals surface area contributed by atoms with Gasteiger partial charge in [-0.1, -0.05) is 0 Å². The van der Waals surface area contributed by atoms with Gasteiger partial charge in [0.05, 0.1) is 6.10 Å². The molecule has 0 bridgehead atoms. The number of ether oxygens (including phenoxy) is 3. The molecule has 1 rings (SSSR count). The van der Waals surface area contributed by atoms with E-state index in [0.717, 1.165) is 52.0 Å². The van der Waals surface area contributed by atoms with Gasteiger partial charge in [0.15, 0.2) is 0 Å². The Morgan fingerprint density at radius 3 is 2.30 bits per heavy atom. The maximum Gasteiger partial charge on any atom is 0.410 e. The van der Waals surface area contributed by atoms with E-state index in [1.165, 1.54) is 0 Å². The maximum absolute atomic E-state index is 11.9. The van der Waals surface area contributed by atoms with E-state index in [-0.39, 0.29) is 12.2 Å². The molecular weight excluding hydrogens is 258 g/mol. The number of likely N-dealkylation sites (tertiary alicyclic amines) is 1. The van der Waals surface area contributed by atoms with E-state index < -0.39 is 5.60 Å². The van der Waals surface area contributed by atoms with Crippen LogP contribution in [0.25, 0.3) is 0 Å². The van der Waals surface area contributed by atoms with Gasteiger partial charge in [0.2, 0.25) is 0 Å².